The van der Waals surface area contributed by atoms with Crippen LogP contribution in [0.25, 0.3) is 10.9 Å². The molecule has 1 atom stereocenters. The molecule has 6 rings (SSSR count). The van der Waals surface area contributed by atoms with Gasteiger partial charge in [-0.05, 0) is 54.2 Å². The molecule has 9 nitrogen and oxygen atoms in total. The van der Waals surface area contributed by atoms with Gasteiger partial charge in [-0.3, -0.25) is 9.69 Å². The molecule has 35 heavy (non-hydrogen) atoms. The Bertz CT molecular complexity index is 1260. The summed E-state index contributed by atoms with van der Waals surface area (Å²) >= 11 is 0. The van der Waals surface area contributed by atoms with Crippen LogP contribution in [0.1, 0.15) is 88.7 Å². The molecule has 3 heterocycles. The number of H-pyrrole nitrogens is 1. The Balaban J connectivity index is 1.39. The zero-order chi connectivity index (χ0) is 23.9. The lowest BCUT2D eigenvalue weighted by Crippen LogP contribution is -2.41. The van der Waals surface area contributed by atoms with Crippen molar-refractivity contribution in [2.24, 2.45) is 5.92 Å². The Morgan fingerprint density at radius 3 is 2.51 bits per heavy atom. The van der Waals surface area contributed by atoms with Crippen LogP contribution in [-0.2, 0) is 6.54 Å². The second-order valence-corrected chi connectivity index (χ2v) is 10.6. The molecule has 2 aromatic heterocycles. The number of rotatable bonds is 7. The summed E-state index contributed by atoms with van der Waals surface area (Å²) in [7, 11) is 0. The molecule has 1 unspecified atom stereocenters. The van der Waals surface area contributed by atoms with Gasteiger partial charge in [-0.2, -0.15) is 0 Å². The van der Waals surface area contributed by atoms with Gasteiger partial charge in [0.15, 0.2) is 17.3 Å². The minimum Gasteiger partial charge on any atom is -0.454 e. The topological polar surface area (TPSA) is 98.2 Å². The third kappa shape index (κ3) is 4.20. The van der Waals surface area contributed by atoms with Gasteiger partial charge in [-0.15, -0.1) is 5.10 Å². The summed E-state index contributed by atoms with van der Waals surface area (Å²) in [6.07, 6.45) is 9.44. The number of benzene rings is 1. The number of fused-ring (bicyclic) bond motifs is 2. The molecule has 0 bridgehead atoms. The van der Waals surface area contributed by atoms with Gasteiger partial charge < -0.3 is 14.5 Å². The molecular weight excluding hydrogens is 444 g/mol. The van der Waals surface area contributed by atoms with Crippen LogP contribution < -0.4 is 15.0 Å². The summed E-state index contributed by atoms with van der Waals surface area (Å²) in [5.74, 6) is 2.64. The zero-order valence-electron chi connectivity index (χ0n) is 20.6. The molecule has 186 valence electrons. The molecule has 9 heteroatoms. The van der Waals surface area contributed by atoms with Gasteiger partial charge in [0.2, 0.25) is 6.79 Å². The second-order valence-electron chi connectivity index (χ2n) is 10.6. The highest BCUT2D eigenvalue weighted by molar-refractivity contribution is 5.83. The largest absolute Gasteiger partial charge is 0.454 e. The summed E-state index contributed by atoms with van der Waals surface area (Å²) in [5, 5.41) is 14.1. The van der Waals surface area contributed by atoms with E-state index in [1.165, 1.54) is 25.7 Å². The van der Waals surface area contributed by atoms with Crippen molar-refractivity contribution in [3.8, 4) is 11.5 Å². The van der Waals surface area contributed by atoms with Crippen LogP contribution in [0, 0.1) is 5.92 Å². The fourth-order valence-electron chi connectivity index (χ4n) is 6.28. The summed E-state index contributed by atoms with van der Waals surface area (Å²) in [6.45, 7) is 5.26. The molecule has 0 spiro atoms. The maximum Gasteiger partial charge on any atom is 0.252 e. The first-order valence-electron chi connectivity index (χ1n) is 13.1. The SMILES string of the molecule is CC(C)C(c1nnnn1C1CCCC1)N(Cc1cc2cc3c(cc2[nH]c1=O)OCO3)C1CCCC1. The summed E-state index contributed by atoms with van der Waals surface area (Å²) in [5.41, 5.74) is 1.46. The van der Waals surface area contributed by atoms with Gasteiger partial charge in [-0.25, -0.2) is 4.68 Å². The highest BCUT2D eigenvalue weighted by Gasteiger charge is 2.37. The molecular formula is C26H34N6O3. The standard InChI is InChI=1S/C26H34N6O3/c1-16(2)24(25-28-29-30-32(25)20-9-5-6-10-20)31(19-7-3-4-8-19)14-18-11-17-12-22-23(35-15-34-22)13-21(17)27-26(18)33/h11-13,16,19-20,24H,3-10,14-15H2,1-2H3,(H,27,33). The van der Waals surface area contributed by atoms with Crippen LogP contribution in [0.4, 0.5) is 0 Å². The van der Waals surface area contributed by atoms with E-state index in [1.54, 1.807) is 0 Å². The number of tetrazole rings is 1. The molecule has 0 saturated heterocycles. The van der Waals surface area contributed by atoms with E-state index in [2.05, 4.69) is 43.9 Å². The van der Waals surface area contributed by atoms with Gasteiger partial charge in [0.05, 0.1) is 17.6 Å². The van der Waals surface area contributed by atoms with Crippen LogP contribution in [0.2, 0.25) is 0 Å². The quantitative estimate of drug-likeness (QED) is 0.534. The van der Waals surface area contributed by atoms with E-state index >= 15 is 0 Å². The van der Waals surface area contributed by atoms with Crippen molar-refractivity contribution in [2.75, 3.05) is 6.79 Å². The van der Waals surface area contributed by atoms with E-state index in [0.717, 1.165) is 53.7 Å². The lowest BCUT2D eigenvalue weighted by atomic mass is 9.97. The molecule has 0 amide bonds. The van der Waals surface area contributed by atoms with Crippen molar-refractivity contribution in [2.45, 2.75) is 89.9 Å². The average Bonchev–Trinajstić information content (AvgIpc) is 3.64. The molecule has 2 fully saturated rings. The minimum absolute atomic E-state index is 0.0422. The van der Waals surface area contributed by atoms with Crippen LogP contribution in [0.5, 0.6) is 11.5 Å². The number of pyridine rings is 1. The van der Waals surface area contributed by atoms with Crippen molar-refractivity contribution < 1.29 is 9.47 Å². The third-order valence-electron chi connectivity index (χ3n) is 8.00. The molecule has 3 aromatic rings. The normalized spacial score (nSPS) is 19.5. The molecule has 1 N–H and O–H groups in total. The zero-order valence-corrected chi connectivity index (χ0v) is 20.6. The first-order chi connectivity index (χ1) is 17.1. The van der Waals surface area contributed by atoms with E-state index in [0.29, 0.717) is 30.3 Å². The van der Waals surface area contributed by atoms with E-state index in [9.17, 15) is 4.79 Å². The van der Waals surface area contributed by atoms with Crippen LogP contribution in [0.3, 0.4) is 0 Å². The molecule has 2 saturated carbocycles. The Morgan fingerprint density at radius 2 is 1.77 bits per heavy atom. The Hall–Kier alpha value is -2.94. The maximum absolute atomic E-state index is 13.2. The molecule has 0 radical (unpaired) electrons. The molecule has 1 aromatic carbocycles. The Morgan fingerprint density at radius 1 is 1.06 bits per heavy atom. The predicted octanol–water partition coefficient (Wildman–Crippen LogP) is 4.50. The average molecular weight is 479 g/mol. The van der Waals surface area contributed by atoms with Gasteiger partial charge in [0.1, 0.15) is 0 Å². The number of aromatic amines is 1. The number of nitrogens with one attached hydrogen (secondary N) is 1. The lowest BCUT2D eigenvalue weighted by molar-refractivity contribution is 0.0826. The molecule has 2 aliphatic carbocycles. The van der Waals surface area contributed by atoms with Crippen molar-refractivity contribution >= 4 is 10.9 Å². The Labute approximate surface area is 204 Å². The predicted molar refractivity (Wildman–Crippen MR) is 131 cm³/mol. The van der Waals surface area contributed by atoms with Crippen LogP contribution in [0.15, 0.2) is 23.0 Å². The number of hydrogen-bond acceptors (Lipinski definition) is 7. The summed E-state index contributed by atoms with van der Waals surface area (Å²) in [4.78, 5) is 18.8. The van der Waals surface area contributed by atoms with Gasteiger partial charge >= 0.3 is 0 Å². The van der Waals surface area contributed by atoms with Crippen molar-refractivity contribution in [3.63, 3.8) is 0 Å². The third-order valence-corrected chi connectivity index (χ3v) is 8.00. The summed E-state index contributed by atoms with van der Waals surface area (Å²) in [6, 6.07) is 6.64. The highest BCUT2D eigenvalue weighted by Crippen LogP contribution is 2.39. The smallest absolute Gasteiger partial charge is 0.252 e. The number of ether oxygens (including phenoxy) is 2. The Kier molecular flexibility index (Phi) is 5.96. The number of nitrogens with zero attached hydrogens (tertiary/aromatic N) is 5. The van der Waals surface area contributed by atoms with Crippen molar-refractivity contribution in [1.82, 2.24) is 30.1 Å². The first kappa shape index (κ1) is 22.5. The van der Waals surface area contributed by atoms with Gasteiger partial charge in [-0.1, -0.05) is 39.5 Å². The van der Waals surface area contributed by atoms with Gasteiger partial charge in [0, 0.05) is 29.6 Å². The fourth-order valence-corrected chi connectivity index (χ4v) is 6.28. The van der Waals surface area contributed by atoms with E-state index in [4.69, 9.17) is 9.47 Å². The van der Waals surface area contributed by atoms with Crippen LogP contribution in [-0.4, -0.2) is 42.9 Å². The van der Waals surface area contributed by atoms with Crippen LogP contribution >= 0.6 is 0 Å². The maximum atomic E-state index is 13.2. The number of aromatic nitrogens is 5. The molecule has 1 aliphatic heterocycles. The van der Waals surface area contributed by atoms with Crippen molar-refractivity contribution in [3.05, 3.63) is 39.9 Å². The highest BCUT2D eigenvalue weighted by atomic mass is 16.7. The first-order valence-corrected chi connectivity index (χ1v) is 13.1. The second kappa shape index (κ2) is 9.26. The van der Waals surface area contributed by atoms with E-state index < -0.39 is 0 Å². The lowest BCUT2D eigenvalue weighted by Gasteiger charge is -2.38. The summed E-state index contributed by atoms with van der Waals surface area (Å²) < 4.78 is 13.1. The van der Waals surface area contributed by atoms with Gasteiger partial charge in [0.25, 0.3) is 5.56 Å². The minimum atomic E-state index is -0.0581. The number of hydrogen-bond donors (Lipinski definition) is 1. The fraction of sp³-hybridized carbons (Fsp3) is 0.615. The monoisotopic (exact) mass is 478 g/mol. The molecule has 3 aliphatic rings. The van der Waals surface area contributed by atoms with E-state index in [1.807, 2.05) is 18.2 Å². The van der Waals surface area contributed by atoms with Crippen molar-refractivity contribution in [1.29, 1.82) is 0 Å². The van der Waals surface area contributed by atoms with E-state index in [-0.39, 0.29) is 18.4 Å².